The summed E-state index contributed by atoms with van der Waals surface area (Å²) < 4.78 is 72.9. The molecule has 0 aliphatic rings. The molecule has 0 aliphatic carbocycles. The number of hydrogen-bond acceptors (Lipinski definition) is 3. The van der Waals surface area contributed by atoms with Crippen LogP contribution in [0.5, 0.6) is 0 Å². The lowest BCUT2D eigenvalue weighted by molar-refractivity contribution is 0.548. The maximum Gasteiger partial charge on any atom is 0.269 e. The second kappa shape index (κ2) is 4.58. The minimum Gasteiger partial charge on any atom is -0.317 e. The van der Waals surface area contributed by atoms with Crippen molar-refractivity contribution in [2.45, 2.75) is 9.79 Å². The molecule has 1 aromatic carbocycles. The fourth-order valence-corrected chi connectivity index (χ4v) is 2.88. The first-order valence-electron chi connectivity index (χ1n) is 6.47. The number of aromatic nitrogens is 1. The van der Waals surface area contributed by atoms with E-state index in [1.54, 1.807) is 0 Å². The van der Waals surface area contributed by atoms with Gasteiger partial charge in [-0.2, -0.15) is 0 Å². The number of nitrogens with zero attached hydrogens (tertiary/aromatic N) is 1. The van der Waals surface area contributed by atoms with Crippen LogP contribution in [0.4, 0.5) is 8.78 Å². The molecular formula is C12H9F2NO3S. The number of aryl methyl sites for hydroxylation is 1. The molecule has 0 aliphatic heterocycles. The van der Waals surface area contributed by atoms with Crippen molar-refractivity contribution in [3.63, 3.8) is 0 Å². The van der Waals surface area contributed by atoms with Crippen molar-refractivity contribution in [2.75, 3.05) is 0 Å². The van der Waals surface area contributed by atoms with E-state index in [2.05, 4.69) is 0 Å². The maximum atomic E-state index is 13.7. The van der Waals surface area contributed by atoms with Crippen LogP contribution in [0.1, 0.15) is 4.11 Å². The van der Waals surface area contributed by atoms with Crippen molar-refractivity contribution < 1.29 is 21.3 Å². The molecule has 0 bridgehead atoms. The number of benzene rings is 1. The Kier molecular flexibility index (Phi) is 2.37. The Morgan fingerprint density at radius 1 is 1.21 bits per heavy atom. The summed E-state index contributed by atoms with van der Waals surface area (Å²) in [6.07, 6.45) is 0.898. The van der Waals surface area contributed by atoms with E-state index >= 15 is 0 Å². The highest BCUT2D eigenvalue weighted by Crippen LogP contribution is 2.21. The fourth-order valence-electron chi connectivity index (χ4n) is 1.49. The van der Waals surface area contributed by atoms with E-state index in [9.17, 15) is 22.0 Å². The van der Waals surface area contributed by atoms with Crippen molar-refractivity contribution in [1.82, 2.24) is 4.57 Å². The Labute approximate surface area is 112 Å². The number of sulfone groups is 1. The van der Waals surface area contributed by atoms with Gasteiger partial charge in [-0.3, -0.25) is 4.79 Å². The van der Waals surface area contributed by atoms with Crippen LogP contribution < -0.4 is 5.56 Å². The Bertz CT molecular complexity index is 891. The smallest absolute Gasteiger partial charge is 0.269 e. The molecule has 0 fully saturated rings. The molecule has 0 saturated carbocycles. The largest absolute Gasteiger partial charge is 0.317 e. The van der Waals surface area contributed by atoms with E-state index in [0.717, 1.165) is 24.4 Å². The number of rotatable bonds is 2. The predicted molar refractivity (Wildman–Crippen MR) is 63.5 cm³/mol. The minimum absolute atomic E-state index is 0.251. The predicted octanol–water partition coefficient (Wildman–Crippen LogP) is 1.50. The van der Waals surface area contributed by atoms with Crippen LogP contribution in [0.15, 0.2) is 51.1 Å². The van der Waals surface area contributed by atoms with Gasteiger partial charge in [-0.05, 0) is 24.3 Å². The number of hydrogen-bond donors (Lipinski definition) is 0. The lowest BCUT2D eigenvalue weighted by Crippen LogP contribution is -2.23. The van der Waals surface area contributed by atoms with Gasteiger partial charge in [0.1, 0.15) is 21.4 Å². The third kappa shape index (κ3) is 2.28. The lowest BCUT2D eigenvalue weighted by Gasteiger charge is -2.06. The highest BCUT2D eigenvalue weighted by Gasteiger charge is 2.25. The van der Waals surface area contributed by atoms with Gasteiger partial charge in [0.05, 0.1) is 0 Å². The average Bonchev–Trinajstić information content (AvgIpc) is 2.36. The van der Waals surface area contributed by atoms with Crippen LogP contribution in [0.25, 0.3) is 0 Å². The van der Waals surface area contributed by atoms with Crippen molar-refractivity contribution >= 4 is 9.84 Å². The molecule has 0 saturated heterocycles. The van der Waals surface area contributed by atoms with Crippen LogP contribution in [-0.4, -0.2) is 13.0 Å². The summed E-state index contributed by atoms with van der Waals surface area (Å²) >= 11 is 0. The Morgan fingerprint density at radius 2 is 1.95 bits per heavy atom. The van der Waals surface area contributed by atoms with Gasteiger partial charge in [0, 0.05) is 23.4 Å². The molecule has 1 heterocycles. The SMILES string of the molecule is [2H]C([2H])([2H])n1cccc(S(=O)(=O)c2ccc(F)cc2F)c1=O. The van der Waals surface area contributed by atoms with E-state index in [4.69, 9.17) is 4.11 Å². The van der Waals surface area contributed by atoms with Crippen molar-refractivity contribution in [2.24, 2.45) is 6.98 Å². The summed E-state index contributed by atoms with van der Waals surface area (Å²) in [6.45, 7) is -2.88. The van der Waals surface area contributed by atoms with E-state index in [0.29, 0.717) is 12.1 Å². The molecule has 2 aromatic rings. The van der Waals surface area contributed by atoms with E-state index in [-0.39, 0.29) is 4.57 Å². The van der Waals surface area contributed by atoms with Crippen LogP contribution in [0.3, 0.4) is 0 Å². The van der Waals surface area contributed by atoms with E-state index < -0.39 is 43.8 Å². The Balaban J connectivity index is 2.73. The normalized spacial score (nSPS) is 14.5. The first kappa shape index (κ1) is 9.85. The minimum atomic E-state index is -4.62. The van der Waals surface area contributed by atoms with Gasteiger partial charge in [0.15, 0.2) is 0 Å². The molecule has 4 nitrogen and oxygen atoms in total. The number of halogens is 2. The highest BCUT2D eigenvalue weighted by atomic mass is 32.2. The second-order valence-corrected chi connectivity index (χ2v) is 5.51. The number of pyridine rings is 1. The van der Waals surface area contributed by atoms with Gasteiger partial charge in [-0.25, -0.2) is 17.2 Å². The summed E-state index contributed by atoms with van der Waals surface area (Å²) in [6, 6.07) is 3.66. The monoisotopic (exact) mass is 288 g/mol. The van der Waals surface area contributed by atoms with Gasteiger partial charge in [-0.15, -0.1) is 0 Å². The molecule has 0 N–H and O–H groups in total. The van der Waals surface area contributed by atoms with Gasteiger partial charge in [-0.1, -0.05) is 0 Å². The van der Waals surface area contributed by atoms with Crippen LogP contribution in [0, 0.1) is 11.6 Å². The van der Waals surface area contributed by atoms with Gasteiger partial charge >= 0.3 is 0 Å². The molecule has 0 atom stereocenters. The molecule has 7 heteroatoms. The molecule has 19 heavy (non-hydrogen) atoms. The maximum absolute atomic E-state index is 13.7. The summed E-state index contributed by atoms with van der Waals surface area (Å²) in [5.41, 5.74) is -1.31. The van der Waals surface area contributed by atoms with Crippen LogP contribution in [0.2, 0.25) is 0 Å². The van der Waals surface area contributed by atoms with Gasteiger partial charge < -0.3 is 4.57 Å². The molecule has 0 radical (unpaired) electrons. The summed E-state index contributed by atoms with van der Waals surface area (Å²) in [5.74, 6) is -2.35. The van der Waals surface area contributed by atoms with Crippen molar-refractivity contribution in [3.05, 3.63) is 58.5 Å². The molecule has 0 unspecified atom stereocenters. The first-order valence-corrected chi connectivity index (χ1v) is 6.46. The molecule has 100 valence electrons. The van der Waals surface area contributed by atoms with Gasteiger partial charge in [0.25, 0.3) is 5.56 Å². The second-order valence-electron chi connectivity index (χ2n) is 3.63. The molecule has 0 spiro atoms. The standard InChI is InChI=1S/C12H9F2NO3S/c1-15-6-2-3-11(12(15)16)19(17,18)10-5-4-8(13)7-9(10)14/h2-7H,1H3/i1D3. The van der Waals surface area contributed by atoms with E-state index in [1.165, 1.54) is 0 Å². The third-order valence-electron chi connectivity index (χ3n) is 2.39. The summed E-state index contributed by atoms with van der Waals surface area (Å²) in [4.78, 5) is 10.2. The van der Waals surface area contributed by atoms with Crippen LogP contribution >= 0.6 is 0 Å². The molecular weight excluding hydrogens is 276 g/mol. The zero-order chi connectivity index (χ0) is 16.7. The zero-order valence-corrected chi connectivity index (χ0v) is 10.1. The third-order valence-corrected chi connectivity index (χ3v) is 4.19. The fraction of sp³-hybridized carbons (Fsp3) is 0.0833. The van der Waals surface area contributed by atoms with Crippen molar-refractivity contribution in [1.29, 1.82) is 0 Å². The Morgan fingerprint density at radius 3 is 2.58 bits per heavy atom. The molecule has 0 amide bonds. The van der Waals surface area contributed by atoms with Gasteiger partial charge in [0.2, 0.25) is 9.84 Å². The lowest BCUT2D eigenvalue weighted by atomic mass is 10.3. The van der Waals surface area contributed by atoms with Crippen molar-refractivity contribution in [3.8, 4) is 0 Å². The quantitative estimate of drug-likeness (QED) is 0.787. The Hall–Kier alpha value is -2.02. The summed E-state index contributed by atoms with van der Waals surface area (Å²) in [7, 11) is -4.62. The molecule has 2 rings (SSSR count). The zero-order valence-electron chi connectivity index (χ0n) is 12.3. The van der Waals surface area contributed by atoms with E-state index in [1.807, 2.05) is 0 Å². The molecule has 1 aromatic heterocycles. The topological polar surface area (TPSA) is 56.1 Å². The first-order chi connectivity index (χ1) is 10.0. The highest BCUT2D eigenvalue weighted by molar-refractivity contribution is 7.91. The average molecular weight is 288 g/mol. The van der Waals surface area contributed by atoms with Crippen LogP contribution in [-0.2, 0) is 16.8 Å². The summed E-state index contributed by atoms with van der Waals surface area (Å²) in [5, 5.41) is 0.